The van der Waals surface area contributed by atoms with Crippen LogP contribution in [0.1, 0.15) is 10.4 Å². The first-order chi connectivity index (χ1) is 8.04. The van der Waals surface area contributed by atoms with E-state index in [4.69, 9.17) is 16.3 Å². The number of alkyl halides is 1. The number of nitrogens with one attached hydrogen (secondary N) is 1. The number of ether oxygens (including phenoxy) is 1. The molecule has 0 radical (unpaired) electrons. The van der Waals surface area contributed by atoms with Gasteiger partial charge >= 0.3 is 0 Å². The standard InChI is InChI=1S/C11H12BrClINO2/c1-17-6-8(12)5-15-11(16)7-2-3-10(14)9(13)4-7/h2-4,8H,5-6H2,1H3,(H,15,16). The molecule has 0 saturated carbocycles. The summed E-state index contributed by atoms with van der Waals surface area (Å²) < 4.78 is 5.89. The lowest BCUT2D eigenvalue weighted by Gasteiger charge is -2.10. The number of benzene rings is 1. The van der Waals surface area contributed by atoms with Crippen molar-refractivity contribution < 1.29 is 9.53 Å². The van der Waals surface area contributed by atoms with Gasteiger partial charge in [-0.25, -0.2) is 0 Å². The predicted molar refractivity (Wildman–Crippen MR) is 81.1 cm³/mol. The summed E-state index contributed by atoms with van der Waals surface area (Å²) in [6.07, 6.45) is 0. The Morgan fingerprint density at radius 1 is 1.65 bits per heavy atom. The van der Waals surface area contributed by atoms with Crippen molar-refractivity contribution in [1.29, 1.82) is 0 Å². The summed E-state index contributed by atoms with van der Waals surface area (Å²) in [7, 11) is 1.62. The average molecular weight is 432 g/mol. The Morgan fingerprint density at radius 3 is 2.94 bits per heavy atom. The van der Waals surface area contributed by atoms with Gasteiger partial charge in [-0.2, -0.15) is 0 Å². The molecular weight excluding hydrogens is 420 g/mol. The van der Waals surface area contributed by atoms with E-state index in [0.29, 0.717) is 23.7 Å². The normalized spacial score (nSPS) is 12.2. The van der Waals surface area contributed by atoms with Crippen LogP contribution in [0.5, 0.6) is 0 Å². The van der Waals surface area contributed by atoms with Crippen molar-refractivity contribution in [2.75, 3.05) is 20.3 Å². The molecule has 3 nitrogen and oxygen atoms in total. The van der Waals surface area contributed by atoms with Gasteiger partial charge in [0.15, 0.2) is 0 Å². The van der Waals surface area contributed by atoms with Crippen molar-refractivity contribution in [2.24, 2.45) is 0 Å². The zero-order valence-electron chi connectivity index (χ0n) is 9.17. The van der Waals surface area contributed by atoms with E-state index in [1.807, 2.05) is 6.07 Å². The van der Waals surface area contributed by atoms with Crippen molar-refractivity contribution in [2.45, 2.75) is 4.83 Å². The Hall–Kier alpha value is 0.150. The average Bonchev–Trinajstić information content (AvgIpc) is 2.30. The molecule has 1 aromatic carbocycles. The van der Waals surface area contributed by atoms with Crippen LogP contribution >= 0.6 is 50.1 Å². The highest BCUT2D eigenvalue weighted by Gasteiger charge is 2.10. The molecule has 0 bridgehead atoms. The van der Waals surface area contributed by atoms with Crippen LogP contribution in [0.2, 0.25) is 5.02 Å². The summed E-state index contributed by atoms with van der Waals surface area (Å²) in [5.74, 6) is -0.135. The molecule has 0 aliphatic rings. The fourth-order valence-corrected chi connectivity index (χ4v) is 2.12. The molecule has 1 N–H and O–H groups in total. The lowest BCUT2D eigenvalue weighted by Crippen LogP contribution is -2.31. The summed E-state index contributed by atoms with van der Waals surface area (Å²) in [5.41, 5.74) is 0.563. The van der Waals surface area contributed by atoms with E-state index < -0.39 is 0 Å². The van der Waals surface area contributed by atoms with E-state index in [-0.39, 0.29) is 10.7 Å². The Labute approximate surface area is 128 Å². The fourth-order valence-electron chi connectivity index (χ4n) is 1.18. The molecule has 1 amide bonds. The minimum Gasteiger partial charge on any atom is -0.383 e. The van der Waals surface area contributed by atoms with E-state index in [2.05, 4.69) is 43.8 Å². The molecule has 0 aliphatic heterocycles. The van der Waals surface area contributed by atoms with Crippen LogP contribution in [-0.2, 0) is 4.74 Å². The van der Waals surface area contributed by atoms with Gasteiger partial charge in [0.05, 0.1) is 16.5 Å². The predicted octanol–water partition coefficient (Wildman–Crippen LogP) is 3.08. The van der Waals surface area contributed by atoms with Gasteiger partial charge in [-0.15, -0.1) is 0 Å². The molecule has 1 aromatic rings. The number of halogens is 3. The molecule has 0 heterocycles. The van der Waals surface area contributed by atoms with Crippen LogP contribution in [0.4, 0.5) is 0 Å². The molecule has 0 aromatic heterocycles. The maximum Gasteiger partial charge on any atom is 0.251 e. The van der Waals surface area contributed by atoms with Crippen molar-refractivity contribution in [1.82, 2.24) is 5.32 Å². The third-order valence-electron chi connectivity index (χ3n) is 2.01. The maximum absolute atomic E-state index is 11.8. The van der Waals surface area contributed by atoms with Gasteiger partial charge in [-0.3, -0.25) is 4.79 Å². The minimum atomic E-state index is -0.135. The molecule has 1 rings (SSSR count). The molecule has 0 saturated heterocycles. The van der Waals surface area contributed by atoms with E-state index in [1.165, 1.54) is 0 Å². The van der Waals surface area contributed by atoms with E-state index in [0.717, 1.165) is 3.57 Å². The van der Waals surface area contributed by atoms with E-state index in [9.17, 15) is 4.79 Å². The van der Waals surface area contributed by atoms with Crippen molar-refractivity contribution >= 4 is 56.0 Å². The number of amides is 1. The quantitative estimate of drug-likeness (QED) is 0.574. The zero-order chi connectivity index (χ0) is 12.8. The number of hydrogen-bond donors (Lipinski definition) is 1. The van der Waals surface area contributed by atoms with Crippen LogP contribution in [0.25, 0.3) is 0 Å². The van der Waals surface area contributed by atoms with Crippen molar-refractivity contribution in [3.63, 3.8) is 0 Å². The van der Waals surface area contributed by atoms with Crippen LogP contribution in [-0.4, -0.2) is 31.0 Å². The Balaban J connectivity index is 2.55. The van der Waals surface area contributed by atoms with Gasteiger partial charge in [0.25, 0.3) is 5.91 Å². The zero-order valence-corrected chi connectivity index (χ0v) is 13.7. The van der Waals surface area contributed by atoms with Gasteiger partial charge in [0.2, 0.25) is 0 Å². The number of methoxy groups -OCH3 is 1. The molecule has 6 heteroatoms. The first kappa shape index (κ1) is 15.2. The Kier molecular flexibility index (Phi) is 6.76. The number of carbonyl (C=O) groups is 1. The molecule has 1 atom stereocenters. The maximum atomic E-state index is 11.8. The van der Waals surface area contributed by atoms with Crippen molar-refractivity contribution in [3.05, 3.63) is 32.4 Å². The largest absolute Gasteiger partial charge is 0.383 e. The topological polar surface area (TPSA) is 38.3 Å². The monoisotopic (exact) mass is 431 g/mol. The lowest BCUT2D eigenvalue weighted by molar-refractivity contribution is 0.0950. The fraction of sp³-hybridized carbons (Fsp3) is 0.364. The summed E-state index contributed by atoms with van der Waals surface area (Å²) in [5, 5.41) is 3.39. The van der Waals surface area contributed by atoms with Gasteiger partial charge in [-0.1, -0.05) is 27.5 Å². The molecule has 0 fully saturated rings. The SMILES string of the molecule is COCC(Br)CNC(=O)c1ccc(I)c(Cl)c1. The lowest BCUT2D eigenvalue weighted by atomic mass is 10.2. The number of hydrogen-bond acceptors (Lipinski definition) is 2. The van der Waals surface area contributed by atoms with E-state index in [1.54, 1.807) is 19.2 Å². The second kappa shape index (κ2) is 7.56. The van der Waals surface area contributed by atoms with Crippen LogP contribution < -0.4 is 5.32 Å². The first-order valence-corrected chi connectivity index (χ1v) is 7.28. The summed E-state index contributed by atoms with van der Waals surface area (Å²) in [6, 6.07) is 5.24. The molecule has 17 heavy (non-hydrogen) atoms. The van der Waals surface area contributed by atoms with Crippen LogP contribution in [0.15, 0.2) is 18.2 Å². The highest BCUT2D eigenvalue weighted by Crippen LogP contribution is 2.19. The molecule has 0 aliphatic carbocycles. The van der Waals surface area contributed by atoms with E-state index >= 15 is 0 Å². The number of rotatable bonds is 5. The number of carbonyl (C=O) groups excluding carboxylic acids is 1. The second-order valence-electron chi connectivity index (χ2n) is 3.39. The van der Waals surface area contributed by atoms with Gasteiger partial charge in [0.1, 0.15) is 0 Å². The highest BCUT2D eigenvalue weighted by molar-refractivity contribution is 14.1. The van der Waals surface area contributed by atoms with Gasteiger partial charge in [-0.05, 0) is 40.8 Å². The first-order valence-electron chi connectivity index (χ1n) is 4.91. The Bertz CT molecular complexity index is 403. The minimum absolute atomic E-state index is 0.107. The van der Waals surface area contributed by atoms with Crippen LogP contribution in [0, 0.1) is 3.57 Å². The molecule has 94 valence electrons. The summed E-state index contributed by atoms with van der Waals surface area (Å²) >= 11 is 11.5. The smallest absolute Gasteiger partial charge is 0.251 e. The van der Waals surface area contributed by atoms with Gasteiger partial charge < -0.3 is 10.1 Å². The Morgan fingerprint density at radius 2 is 2.35 bits per heavy atom. The summed E-state index contributed by atoms with van der Waals surface area (Å²) in [4.78, 5) is 11.9. The third kappa shape index (κ3) is 5.11. The second-order valence-corrected chi connectivity index (χ2v) is 6.26. The van der Waals surface area contributed by atoms with Crippen molar-refractivity contribution in [3.8, 4) is 0 Å². The summed E-state index contributed by atoms with van der Waals surface area (Å²) in [6.45, 7) is 1.06. The highest BCUT2D eigenvalue weighted by atomic mass is 127. The molecule has 0 spiro atoms. The van der Waals surface area contributed by atoms with Gasteiger partial charge in [0, 0.05) is 22.8 Å². The third-order valence-corrected chi connectivity index (χ3v) is 4.17. The molecule has 1 unspecified atom stereocenters. The molecular formula is C11H12BrClINO2. The van der Waals surface area contributed by atoms with Crippen LogP contribution in [0.3, 0.4) is 0 Å².